The van der Waals surface area contributed by atoms with Gasteiger partial charge in [-0.15, -0.1) is 0 Å². The average Bonchev–Trinajstić information content (AvgIpc) is 2.75. The molecule has 1 aliphatic rings. The maximum absolute atomic E-state index is 13.1. The fraction of sp³-hybridized carbons (Fsp3) is 0. The van der Waals surface area contributed by atoms with Crippen LogP contribution in [-0.4, -0.2) is 16.9 Å². The molecule has 1 fully saturated rings. The number of hydrogen-bond acceptors (Lipinski definition) is 4. The molecule has 0 saturated carbocycles. The third kappa shape index (κ3) is 4.61. The highest BCUT2D eigenvalue weighted by atomic mass is 35.5. The number of carbonyl (C=O) groups is 2. The van der Waals surface area contributed by atoms with Crippen molar-refractivity contribution in [1.29, 1.82) is 0 Å². The fourth-order valence-electron chi connectivity index (χ4n) is 2.95. The zero-order chi connectivity index (χ0) is 22.0. The van der Waals surface area contributed by atoms with E-state index in [2.05, 4.69) is 5.32 Å². The number of benzene rings is 3. The van der Waals surface area contributed by atoms with Crippen LogP contribution in [0.2, 0.25) is 10.0 Å². The van der Waals surface area contributed by atoms with Crippen LogP contribution < -0.4 is 15.0 Å². The van der Waals surface area contributed by atoms with Gasteiger partial charge in [0.1, 0.15) is 17.1 Å². The Morgan fingerprint density at radius 2 is 1.55 bits per heavy atom. The van der Waals surface area contributed by atoms with Crippen LogP contribution >= 0.6 is 35.4 Å². The molecule has 1 N–H and O–H groups in total. The zero-order valence-corrected chi connectivity index (χ0v) is 18.2. The molecule has 0 aliphatic carbocycles. The first-order chi connectivity index (χ1) is 14.9. The molecular formula is C23H14Cl2N2O3S. The summed E-state index contributed by atoms with van der Waals surface area (Å²) >= 11 is 17.2. The highest BCUT2D eigenvalue weighted by molar-refractivity contribution is 7.80. The second kappa shape index (κ2) is 8.89. The summed E-state index contributed by atoms with van der Waals surface area (Å²) in [4.78, 5) is 26.8. The van der Waals surface area contributed by atoms with Crippen LogP contribution in [-0.2, 0) is 9.59 Å². The Morgan fingerprint density at radius 1 is 0.871 bits per heavy atom. The van der Waals surface area contributed by atoms with Crippen molar-refractivity contribution in [2.45, 2.75) is 0 Å². The number of carbonyl (C=O) groups excluding carboxylic acids is 2. The second-order valence-electron chi connectivity index (χ2n) is 6.54. The number of para-hydroxylation sites is 1. The van der Waals surface area contributed by atoms with Crippen molar-refractivity contribution in [2.75, 3.05) is 4.90 Å². The number of ether oxygens (including phenoxy) is 1. The molecule has 8 heteroatoms. The Balaban J connectivity index is 1.61. The van der Waals surface area contributed by atoms with Crippen molar-refractivity contribution in [3.8, 4) is 11.5 Å². The Labute approximate surface area is 193 Å². The van der Waals surface area contributed by atoms with Gasteiger partial charge in [-0.1, -0.05) is 47.5 Å². The van der Waals surface area contributed by atoms with E-state index in [1.165, 1.54) is 11.0 Å². The van der Waals surface area contributed by atoms with E-state index in [1.807, 2.05) is 30.3 Å². The van der Waals surface area contributed by atoms with Crippen LogP contribution in [0.25, 0.3) is 6.08 Å². The molecule has 0 unspecified atom stereocenters. The minimum Gasteiger partial charge on any atom is -0.457 e. The summed E-state index contributed by atoms with van der Waals surface area (Å²) in [6.45, 7) is 0. The van der Waals surface area contributed by atoms with Gasteiger partial charge in [-0.05, 0) is 72.4 Å². The van der Waals surface area contributed by atoms with Gasteiger partial charge in [0.2, 0.25) is 0 Å². The van der Waals surface area contributed by atoms with Crippen LogP contribution in [0.3, 0.4) is 0 Å². The average molecular weight is 469 g/mol. The van der Waals surface area contributed by atoms with Crippen molar-refractivity contribution in [3.63, 3.8) is 0 Å². The molecule has 0 radical (unpaired) electrons. The van der Waals surface area contributed by atoms with Crippen LogP contribution in [0.5, 0.6) is 11.5 Å². The summed E-state index contributed by atoms with van der Waals surface area (Å²) in [6, 6.07) is 21.0. The molecule has 31 heavy (non-hydrogen) atoms. The Bertz CT molecular complexity index is 1210. The van der Waals surface area contributed by atoms with Crippen molar-refractivity contribution in [1.82, 2.24) is 5.32 Å². The minimum absolute atomic E-state index is 0.00184. The number of amides is 2. The summed E-state index contributed by atoms with van der Waals surface area (Å²) < 4.78 is 5.77. The summed E-state index contributed by atoms with van der Waals surface area (Å²) in [5, 5.41) is 3.25. The molecule has 4 rings (SSSR count). The number of hydrogen-bond donors (Lipinski definition) is 1. The van der Waals surface area contributed by atoms with E-state index < -0.39 is 11.8 Å². The molecule has 1 saturated heterocycles. The second-order valence-corrected chi connectivity index (χ2v) is 7.74. The minimum atomic E-state index is -0.582. The summed E-state index contributed by atoms with van der Waals surface area (Å²) in [5.41, 5.74) is 0.985. The van der Waals surface area contributed by atoms with E-state index in [1.54, 1.807) is 42.5 Å². The molecule has 0 spiro atoms. The lowest BCUT2D eigenvalue weighted by Crippen LogP contribution is -2.54. The van der Waals surface area contributed by atoms with Gasteiger partial charge < -0.3 is 4.74 Å². The van der Waals surface area contributed by atoms with Gasteiger partial charge >= 0.3 is 0 Å². The lowest BCUT2D eigenvalue weighted by molar-refractivity contribution is -0.122. The van der Waals surface area contributed by atoms with Gasteiger partial charge in [0, 0.05) is 0 Å². The summed E-state index contributed by atoms with van der Waals surface area (Å²) in [7, 11) is 0. The molecule has 1 aliphatic heterocycles. The molecule has 2 amide bonds. The van der Waals surface area contributed by atoms with E-state index in [9.17, 15) is 9.59 Å². The molecule has 1 heterocycles. The number of nitrogens with one attached hydrogen (secondary N) is 1. The summed E-state index contributed by atoms with van der Waals surface area (Å²) in [5.74, 6) is 0.165. The first kappa shape index (κ1) is 21.1. The zero-order valence-electron chi connectivity index (χ0n) is 15.8. The van der Waals surface area contributed by atoms with Gasteiger partial charge in [-0.2, -0.15) is 0 Å². The SMILES string of the molecule is O=C1NC(=S)N(c2ccc(Oc3ccccc3)cc2)C(=O)/C1=C/c1ccc(Cl)c(Cl)c1. The van der Waals surface area contributed by atoms with E-state index in [0.29, 0.717) is 32.8 Å². The number of rotatable bonds is 4. The first-order valence-electron chi connectivity index (χ1n) is 9.12. The van der Waals surface area contributed by atoms with Crippen LogP contribution in [0.1, 0.15) is 5.56 Å². The standard InChI is InChI=1S/C23H14Cl2N2O3S/c24-19-11-6-14(13-20(19)25)12-18-21(28)26-23(31)27(22(18)29)15-7-9-17(10-8-15)30-16-4-2-1-3-5-16/h1-13H,(H,26,28,31)/b18-12+. The fourth-order valence-corrected chi connectivity index (χ4v) is 3.54. The molecule has 0 aromatic heterocycles. The lowest BCUT2D eigenvalue weighted by Gasteiger charge is -2.29. The molecular weight excluding hydrogens is 455 g/mol. The quantitative estimate of drug-likeness (QED) is 0.306. The monoisotopic (exact) mass is 468 g/mol. The highest BCUT2D eigenvalue weighted by Gasteiger charge is 2.34. The highest BCUT2D eigenvalue weighted by Crippen LogP contribution is 2.28. The van der Waals surface area contributed by atoms with E-state index >= 15 is 0 Å². The normalized spacial score (nSPS) is 15.2. The molecule has 0 bridgehead atoms. The van der Waals surface area contributed by atoms with Crippen molar-refractivity contribution in [3.05, 3.63) is 94.0 Å². The van der Waals surface area contributed by atoms with E-state index in [-0.39, 0.29) is 10.7 Å². The molecule has 154 valence electrons. The molecule has 3 aromatic carbocycles. The number of anilines is 1. The third-order valence-electron chi connectivity index (χ3n) is 4.43. The maximum atomic E-state index is 13.1. The number of nitrogens with zero attached hydrogens (tertiary/aromatic N) is 1. The smallest absolute Gasteiger partial charge is 0.270 e. The van der Waals surface area contributed by atoms with Crippen LogP contribution in [0, 0.1) is 0 Å². The van der Waals surface area contributed by atoms with Crippen molar-refractivity contribution < 1.29 is 14.3 Å². The lowest BCUT2D eigenvalue weighted by atomic mass is 10.1. The van der Waals surface area contributed by atoms with E-state index in [4.69, 9.17) is 40.2 Å². The maximum Gasteiger partial charge on any atom is 0.270 e. The predicted molar refractivity (Wildman–Crippen MR) is 126 cm³/mol. The van der Waals surface area contributed by atoms with Crippen molar-refractivity contribution >= 4 is 64.1 Å². The first-order valence-corrected chi connectivity index (χ1v) is 10.3. The number of halogens is 2. The van der Waals surface area contributed by atoms with Gasteiger partial charge in [0.15, 0.2) is 5.11 Å². The molecule has 0 atom stereocenters. The topological polar surface area (TPSA) is 58.6 Å². The number of thiocarbonyl (C=S) groups is 1. The van der Waals surface area contributed by atoms with Gasteiger partial charge in [-0.25, -0.2) is 0 Å². The Morgan fingerprint density at radius 3 is 2.23 bits per heavy atom. The predicted octanol–water partition coefficient (Wildman–Crippen LogP) is 5.62. The third-order valence-corrected chi connectivity index (χ3v) is 5.45. The van der Waals surface area contributed by atoms with Gasteiger partial charge in [0.25, 0.3) is 11.8 Å². The largest absolute Gasteiger partial charge is 0.457 e. The Hall–Kier alpha value is -3.19. The Kier molecular flexibility index (Phi) is 6.04. The van der Waals surface area contributed by atoms with Crippen LogP contribution in [0.4, 0.5) is 5.69 Å². The van der Waals surface area contributed by atoms with Gasteiger partial charge in [-0.3, -0.25) is 19.8 Å². The summed E-state index contributed by atoms with van der Waals surface area (Å²) in [6.07, 6.45) is 1.45. The molecule has 3 aromatic rings. The van der Waals surface area contributed by atoms with Gasteiger partial charge in [0.05, 0.1) is 15.7 Å². The van der Waals surface area contributed by atoms with Crippen LogP contribution in [0.15, 0.2) is 78.4 Å². The van der Waals surface area contributed by atoms with Crippen molar-refractivity contribution in [2.24, 2.45) is 0 Å². The van der Waals surface area contributed by atoms with E-state index in [0.717, 1.165) is 0 Å². The molecule has 5 nitrogen and oxygen atoms in total.